The number of benzene rings is 3. The molecule has 3 aromatic carbocycles. The second-order valence-electron chi connectivity index (χ2n) is 9.18. The Balaban J connectivity index is 1.26. The molecule has 2 N–H and O–H groups in total. The third kappa shape index (κ3) is 4.42. The number of hydrogen-bond donors (Lipinski definition) is 2. The molecule has 1 aliphatic rings. The Morgan fingerprint density at radius 1 is 0.944 bits per heavy atom. The topological polar surface area (TPSA) is 75.6 Å². The van der Waals surface area contributed by atoms with Crippen LogP contribution in [0.2, 0.25) is 0 Å². The smallest absolute Gasteiger partial charge is 0.234 e. The van der Waals surface area contributed by atoms with Crippen molar-refractivity contribution in [2.45, 2.75) is 42.3 Å². The Kier molecular flexibility index (Phi) is 6.07. The van der Waals surface area contributed by atoms with Gasteiger partial charge < -0.3 is 10.3 Å². The summed E-state index contributed by atoms with van der Waals surface area (Å²) in [4.78, 5) is 16.8. The van der Waals surface area contributed by atoms with Gasteiger partial charge in [-0.1, -0.05) is 90.6 Å². The Labute approximate surface area is 214 Å². The van der Waals surface area contributed by atoms with Crippen molar-refractivity contribution in [2.75, 3.05) is 0 Å². The van der Waals surface area contributed by atoms with Crippen LogP contribution < -0.4 is 5.32 Å². The average Bonchev–Trinajstić information content (AvgIpc) is 3.54. The second kappa shape index (κ2) is 9.66. The van der Waals surface area contributed by atoms with Crippen molar-refractivity contribution >= 4 is 28.6 Å². The van der Waals surface area contributed by atoms with Gasteiger partial charge in [0.15, 0.2) is 11.0 Å². The molecule has 0 spiro atoms. The van der Waals surface area contributed by atoms with E-state index in [1.54, 1.807) is 0 Å². The lowest BCUT2D eigenvalue weighted by molar-refractivity contribution is -0.120. The van der Waals surface area contributed by atoms with Crippen LogP contribution in [0.4, 0.5) is 0 Å². The number of carbonyl (C=O) groups is 1. The normalized spacial score (nSPS) is 14.3. The van der Waals surface area contributed by atoms with Gasteiger partial charge in [-0.3, -0.25) is 9.36 Å². The summed E-state index contributed by atoms with van der Waals surface area (Å²) in [5.41, 5.74) is 4.23. The maximum absolute atomic E-state index is 13.4. The molecular weight excluding hydrogens is 466 g/mol. The second-order valence-corrected chi connectivity index (χ2v) is 10.5. The molecule has 1 saturated carbocycles. The van der Waals surface area contributed by atoms with E-state index in [9.17, 15) is 4.79 Å². The van der Waals surface area contributed by atoms with Crippen molar-refractivity contribution in [3.05, 3.63) is 102 Å². The van der Waals surface area contributed by atoms with E-state index in [1.807, 2.05) is 85.9 Å². The van der Waals surface area contributed by atoms with Gasteiger partial charge in [-0.2, -0.15) is 0 Å². The van der Waals surface area contributed by atoms with Crippen LogP contribution in [0.5, 0.6) is 0 Å². The molecule has 1 fully saturated rings. The summed E-state index contributed by atoms with van der Waals surface area (Å²) < 4.78 is 2.22. The molecule has 1 unspecified atom stereocenters. The highest BCUT2D eigenvalue weighted by molar-refractivity contribution is 8.00. The summed E-state index contributed by atoms with van der Waals surface area (Å²) in [5, 5.41) is 14.0. The number of aromatic amines is 1. The zero-order valence-electron chi connectivity index (χ0n) is 20.0. The Morgan fingerprint density at radius 2 is 1.58 bits per heavy atom. The van der Waals surface area contributed by atoms with Crippen molar-refractivity contribution in [1.29, 1.82) is 0 Å². The van der Waals surface area contributed by atoms with Gasteiger partial charge in [0.25, 0.3) is 0 Å². The van der Waals surface area contributed by atoms with Gasteiger partial charge in [0.1, 0.15) is 0 Å². The minimum absolute atomic E-state index is 0.0308. The molecule has 1 atom stereocenters. The predicted molar refractivity (Wildman–Crippen MR) is 144 cm³/mol. The first kappa shape index (κ1) is 22.6. The Hall–Kier alpha value is -3.84. The zero-order valence-corrected chi connectivity index (χ0v) is 20.8. The molecule has 0 bridgehead atoms. The summed E-state index contributed by atoms with van der Waals surface area (Å²) in [6, 6.07) is 28.6. The fraction of sp³-hybridized carbons (Fsp3) is 0.207. The van der Waals surface area contributed by atoms with Crippen LogP contribution in [-0.2, 0) is 4.79 Å². The molecule has 36 heavy (non-hydrogen) atoms. The number of H-pyrrole nitrogens is 1. The van der Waals surface area contributed by atoms with E-state index in [1.165, 1.54) is 11.8 Å². The number of amides is 1. The van der Waals surface area contributed by atoms with Crippen molar-refractivity contribution in [3.8, 4) is 11.4 Å². The Morgan fingerprint density at radius 3 is 2.25 bits per heavy atom. The largest absolute Gasteiger partial charge is 0.360 e. The summed E-state index contributed by atoms with van der Waals surface area (Å²) in [6.07, 6.45) is 4.21. The molecule has 6 nitrogen and oxygen atoms in total. The number of nitrogens with zero attached hydrogens (tertiary/aromatic N) is 3. The van der Waals surface area contributed by atoms with Crippen LogP contribution in [-0.4, -0.2) is 30.9 Å². The number of fused-ring (bicyclic) bond motifs is 1. The third-order valence-corrected chi connectivity index (χ3v) is 7.67. The van der Waals surface area contributed by atoms with E-state index in [4.69, 9.17) is 0 Å². The maximum atomic E-state index is 13.4. The van der Waals surface area contributed by atoms with Crippen molar-refractivity contribution in [1.82, 2.24) is 25.1 Å². The number of hydrogen-bond acceptors (Lipinski definition) is 4. The standard InChI is InChI=1S/C29H27N5OS/c1-19(28(35)31-26(20-10-4-2-5-11-20)21-12-6-3-7-13-21)36-29-33-32-27(34(29)22-16-17-22)24-18-30-25-15-9-8-14-23(24)25/h2-15,18-19,22,26,30H,16-17H2,1H3,(H,31,35). The van der Waals surface area contributed by atoms with Gasteiger partial charge in [0.05, 0.1) is 11.3 Å². The summed E-state index contributed by atoms with van der Waals surface area (Å²) in [5.74, 6) is 0.827. The van der Waals surface area contributed by atoms with Crippen molar-refractivity contribution in [2.24, 2.45) is 0 Å². The molecule has 0 saturated heterocycles. The molecule has 1 amide bonds. The monoisotopic (exact) mass is 493 g/mol. The number of thioether (sulfide) groups is 1. The number of aromatic nitrogens is 4. The molecule has 6 rings (SSSR count). The van der Waals surface area contributed by atoms with Crippen LogP contribution in [0, 0.1) is 0 Å². The first-order valence-corrected chi connectivity index (χ1v) is 13.2. The molecule has 7 heteroatoms. The molecule has 1 aliphatic carbocycles. The van der Waals surface area contributed by atoms with Gasteiger partial charge in [-0.25, -0.2) is 0 Å². The lowest BCUT2D eigenvalue weighted by Crippen LogP contribution is -2.35. The number of rotatable bonds is 8. The van der Waals surface area contributed by atoms with E-state index in [2.05, 4.69) is 37.2 Å². The minimum Gasteiger partial charge on any atom is -0.360 e. The fourth-order valence-electron chi connectivity index (χ4n) is 4.58. The quantitative estimate of drug-likeness (QED) is 0.254. The summed E-state index contributed by atoms with van der Waals surface area (Å²) in [7, 11) is 0. The number of para-hydroxylation sites is 1. The highest BCUT2D eigenvalue weighted by Gasteiger charge is 2.32. The van der Waals surface area contributed by atoms with Crippen LogP contribution in [0.1, 0.15) is 43.0 Å². The summed E-state index contributed by atoms with van der Waals surface area (Å²) >= 11 is 1.47. The van der Waals surface area contributed by atoms with Gasteiger partial charge >= 0.3 is 0 Å². The number of nitrogens with one attached hydrogen (secondary N) is 2. The molecular formula is C29H27N5OS. The average molecular weight is 494 g/mol. The lowest BCUT2D eigenvalue weighted by atomic mass is 9.98. The Bertz CT molecular complexity index is 1450. The van der Waals surface area contributed by atoms with Gasteiger partial charge in [0.2, 0.25) is 5.91 Å². The molecule has 0 radical (unpaired) electrons. The van der Waals surface area contributed by atoms with E-state index in [0.29, 0.717) is 6.04 Å². The van der Waals surface area contributed by atoms with E-state index >= 15 is 0 Å². The highest BCUT2D eigenvalue weighted by atomic mass is 32.2. The third-order valence-electron chi connectivity index (χ3n) is 6.61. The van der Waals surface area contributed by atoms with E-state index in [-0.39, 0.29) is 17.2 Å². The molecule has 5 aromatic rings. The molecule has 2 heterocycles. The van der Waals surface area contributed by atoms with Gasteiger partial charge in [-0.05, 0) is 37.0 Å². The first-order valence-electron chi connectivity index (χ1n) is 12.3. The first-order chi connectivity index (χ1) is 17.7. The molecule has 180 valence electrons. The van der Waals surface area contributed by atoms with E-state index < -0.39 is 0 Å². The fourth-order valence-corrected chi connectivity index (χ4v) is 5.51. The lowest BCUT2D eigenvalue weighted by Gasteiger charge is -2.22. The van der Waals surface area contributed by atoms with Crippen molar-refractivity contribution < 1.29 is 4.79 Å². The van der Waals surface area contributed by atoms with Crippen LogP contribution in [0.3, 0.4) is 0 Å². The van der Waals surface area contributed by atoms with Crippen molar-refractivity contribution in [3.63, 3.8) is 0 Å². The SMILES string of the molecule is CC(Sc1nnc(-c2c[nH]c3ccccc23)n1C1CC1)C(=O)NC(c1ccccc1)c1ccccc1. The predicted octanol–water partition coefficient (Wildman–Crippen LogP) is 6.15. The van der Waals surface area contributed by atoms with Crippen LogP contribution >= 0.6 is 11.8 Å². The van der Waals surface area contributed by atoms with E-state index in [0.717, 1.165) is 51.4 Å². The summed E-state index contributed by atoms with van der Waals surface area (Å²) in [6.45, 7) is 1.93. The zero-order chi connectivity index (χ0) is 24.5. The number of carbonyl (C=O) groups excluding carboxylic acids is 1. The minimum atomic E-state index is -0.336. The maximum Gasteiger partial charge on any atom is 0.234 e. The highest BCUT2D eigenvalue weighted by Crippen LogP contribution is 2.43. The van der Waals surface area contributed by atoms with Gasteiger partial charge in [-0.15, -0.1) is 10.2 Å². The van der Waals surface area contributed by atoms with Crippen LogP contribution in [0.25, 0.3) is 22.3 Å². The molecule has 0 aliphatic heterocycles. The molecule has 2 aromatic heterocycles. The van der Waals surface area contributed by atoms with Gasteiger partial charge in [0, 0.05) is 28.7 Å². The van der Waals surface area contributed by atoms with Crippen LogP contribution in [0.15, 0.2) is 96.3 Å².